The van der Waals surface area contributed by atoms with Gasteiger partial charge in [0, 0.05) is 62.3 Å². The first-order valence-electron chi connectivity index (χ1n) is 12.1. The van der Waals surface area contributed by atoms with Gasteiger partial charge in [-0.15, -0.1) is 0 Å². The van der Waals surface area contributed by atoms with Crippen LogP contribution in [0, 0.1) is 20.8 Å². The molecule has 1 N–H and O–H groups in total. The number of carbonyl (C=O) groups is 1. The minimum Gasteiger partial charge on any atom is -0.369 e. The van der Waals surface area contributed by atoms with E-state index in [-0.39, 0.29) is 11.3 Å². The molecule has 2 aromatic rings. The molecule has 1 aliphatic heterocycles. The molecule has 0 aliphatic carbocycles. The van der Waals surface area contributed by atoms with E-state index in [1.54, 1.807) is 0 Å². The summed E-state index contributed by atoms with van der Waals surface area (Å²) in [4.78, 5) is 17.8. The summed E-state index contributed by atoms with van der Waals surface area (Å²) in [5.41, 5.74) is 7.22. The van der Waals surface area contributed by atoms with Crippen molar-refractivity contribution in [2.24, 2.45) is 7.05 Å². The normalized spacial score (nSPS) is 15.3. The molecule has 5 nitrogen and oxygen atoms in total. The lowest BCUT2D eigenvalue weighted by molar-refractivity contribution is 0.0952. The van der Waals surface area contributed by atoms with Crippen molar-refractivity contribution >= 4 is 11.6 Å². The molecule has 3 rings (SSSR count). The van der Waals surface area contributed by atoms with E-state index in [9.17, 15) is 4.79 Å². The third-order valence-electron chi connectivity index (χ3n) is 7.02. The summed E-state index contributed by atoms with van der Waals surface area (Å²) in [5, 5.41) is 3.13. The summed E-state index contributed by atoms with van der Waals surface area (Å²) in [7, 11) is 2.05. The van der Waals surface area contributed by atoms with E-state index in [4.69, 9.17) is 0 Å². The molecular formula is C27H42N4O. The zero-order chi connectivity index (χ0) is 23.5. The van der Waals surface area contributed by atoms with Crippen LogP contribution in [0.1, 0.15) is 66.5 Å². The summed E-state index contributed by atoms with van der Waals surface area (Å²) in [5.74, 6) is 0.0516. The van der Waals surface area contributed by atoms with E-state index < -0.39 is 0 Å². The minimum absolute atomic E-state index is 0.0279. The number of aromatic nitrogens is 1. The van der Waals surface area contributed by atoms with Gasteiger partial charge in [0.15, 0.2) is 0 Å². The maximum Gasteiger partial charge on any atom is 0.253 e. The molecule has 32 heavy (non-hydrogen) atoms. The quantitative estimate of drug-likeness (QED) is 0.643. The molecule has 1 aromatic carbocycles. The highest BCUT2D eigenvalue weighted by Crippen LogP contribution is 2.26. The van der Waals surface area contributed by atoms with E-state index in [0.29, 0.717) is 0 Å². The van der Waals surface area contributed by atoms with Crippen molar-refractivity contribution in [3.05, 3.63) is 52.3 Å². The number of unbranched alkanes of at least 4 members (excludes halogenated alkanes) is 1. The van der Waals surface area contributed by atoms with E-state index in [0.717, 1.165) is 63.4 Å². The predicted molar refractivity (Wildman–Crippen MR) is 135 cm³/mol. The predicted octanol–water partition coefficient (Wildman–Crippen LogP) is 4.58. The van der Waals surface area contributed by atoms with Crippen molar-refractivity contribution in [1.29, 1.82) is 0 Å². The Bertz CT molecular complexity index is 930. The van der Waals surface area contributed by atoms with Crippen molar-refractivity contribution in [3.63, 3.8) is 0 Å². The molecule has 1 aliphatic rings. The Labute approximate surface area is 194 Å². The van der Waals surface area contributed by atoms with Crippen LogP contribution in [0.2, 0.25) is 0 Å². The number of rotatable bonds is 7. The molecule has 0 unspecified atom stereocenters. The van der Waals surface area contributed by atoms with Crippen LogP contribution >= 0.6 is 0 Å². The van der Waals surface area contributed by atoms with Gasteiger partial charge in [0.25, 0.3) is 5.91 Å². The van der Waals surface area contributed by atoms with Crippen LogP contribution in [0.4, 0.5) is 5.69 Å². The number of hydrogen-bond acceptors (Lipinski definition) is 3. The average Bonchev–Trinajstić information content (AvgIpc) is 3.05. The maximum absolute atomic E-state index is 12.7. The summed E-state index contributed by atoms with van der Waals surface area (Å²) in [6.45, 7) is 19.2. The minimum atomic E-state index is 0.0279. The summed E-state index contributed by atoms with van der Waals surface area (Å²) in [6, 6.07) is 8.66. The summed E-state index contributed by atoms with van der Waals surface area (Å²) in [6.07, 6.45) is 2.13. The number of anilines is 1. The second-order valence-electron chi connectivity index (χ2n) is 10.3. The Balaban J connectivity index is 1.39. The molecule has 5 heteroatoms. The van der Waals surface area contributed by atoms with Crippen molar-refractivity contribution in [1.82, 2.24) is 14.8 Å². The fourth-order valence-corrected chi connectivity index (χ4v) is 4.70. The number of amides is 1. The Morgan fingerprint density at radius 2 is 1.72 bits per heavy atom. The van der Waals surface area contributed by atoms with Crippen molar-refractivity contribution in [2.75, 3.05) is 44.2 Å². The molecule has 0 atom stereocenters. The lowest BCUT2D eigenvalue weighted by Gasteiger charge is -2.37. The van der Waals surface area contributed by atoms with Crippen molar-refractivity contribution < 1.29 is 4.79 Å². The highest BCUT2D eigenvalue weighted by molar-refractivity contribution is 5.95. The van der Waals surface area contributed by atoms with Gasteiger partial charge in [0.2, 0.25) is 0 Å². The summed E-state index contributed by atoms with van der Waals surface area (Å²) < 4.78 is 2.15. The average molecular weight is 439 g/mol. The third-order valence-corrected chi connectivity index (χ3v) is 7.02. The van der Waals surface area contributed by atoms with Gasteiger partial charge in [-0.25, -0.2) is 0 Å². The monoisotopic (exact) mass is 438 g/mol. The molecule has 1 saturated heterocycles. The van der Waals surface area contributed by atoms with Gasteiger partial charge >= 0.3 is 0 Å². The van der Waals surface area contributed by atoms with Crippen LogP contribution < -0.4 is 10.2 Å². The molecular weight excluding hydrogens is 396 g/mol. The molecule has 0 spiro atoms. The largest absolute Gasteiger partial charge is 0.369 e. The van der Waals surface area contributed by atoms with E-state index in [1.807, 2.05) is 14.0 Å². The molecule has 0 radical (unpaired) electrons. The third kappa shape index (κ3) is 5.55. The first-order chi connectivity index (χ1) is 15.1. The molecule has 1 aromatic heterocycles. The number of nitrogens with zero attached hydrogens (tertiary/aromatic N) is 3. The van der Waals surface area contributed by atoms with Crippen LogP contribution in [-0.4, -0.2) is 54.6 Å². The standard InChI is InChI=1S/C27H42N4O/c1-20-11-10-12-24(21(20)2)31-17-15-30(16-18-31)14-9-8-13-28-26(32)23-19-25(27(4,5)6)29(7)22(23)3/h10-12,19H,8-9,13-18H2,1-7H3,(H,28,32). The van der Waals surface area contributed by atoms with Gasteiger partial charge in [-0.2, -0.15) is 0 Å². The number of aryl methyl sites for hydroxylation is 1. The van der Waals surface area contributed by atoms with E-state index in [2.05, 4.69) is 78.6 Å². The lowest BCUT2D eigenvalue weighted by Crippen LogP contribution is -2.47. The molecule has 1 amide bonds. The van der Waals surface area contributed by atoms with Gasteiger partial charge in [0.05, 0.1) is 5.56 Å². The van der Waals surface area contributed by atoms with Gasteiger partial charge in [-0.3, -0.25) is 9.69 Å². The summed E-state index contributed by atoms with van der Waals surface area (Å²) >= 11 is 0. The highest BCUT2D eigenvalue weighted by Gasteiger charge is 2.23. The number of hydrogen-bond donors (Lipinski definition) is 1. The van der Waals surface area contributed by atoms with Crippen LogP contribution in [0.25, 0.3) is 0 Å². The molecule has 0 bridgehead atoms. The zero-order valence-corrected chi connectivity index (χ0v) is 21.2. The first kappa shape index (κ1) is 24.4. The van der Waals surface area contributed by atoms with Gasteiger partial charge in [0.1, 0.15) is 0 Å². The molecule has 176 valence electrons. The van der Waals surface area contributed by atoms with Gasteiger partial charge < -0.3 is 14.8 Å². The maximum atomic E-state index is 12.7. The highest BCUT2D eigenvalue weighted by atomic mass is 16.1. The van der Waals surface area contributed by atoms with E-state index >= 15 is 0 Å². The van der Waals surface area contributed by atoms with Crippen LogP contribution in [0.3, 0.4) is 0 Å². The van der Waals surface area contributed by atoms with Crippen LogP contribution in [0.5, 0.6) is 0 Å². The fraction of sp³-hybridized carbons (Fsp3) is 0.593. The molecule has 2 heterocycles. The smallest absolute Gasteiger partial charge is 0.253 e. The zero-order valence-electron chi connectivity index (χ0n) is 21.2. The molecule has 0 saturated carbocycles. The Kier molecular flexibility index (Phi) is 7.71. The van der Waals surface area contributed by atoms with Crippen molar-refractivity contribution in [3.8, 4) is 0 Å². The van der Waals surface area contributed by atoms with Crippen molar-refractivity contribution in [2.45, 2.75) is 59.8 Å². The number of benzene rings is 1. The second-order valence-corrected chi connectivity index (χ2v) is 10.3. The number of carbonyl (C=O) groups excluding carboxylic acids is 1. The second kappa shape index (κ2) is 10.1. The van der Waals surface area contributed by atoms with Gasteiger partial charge in [-0.05, 0) is 63.4 Å². The van der Waals surface area contributed by atoms with Crippen LogP contribution in [-0.2, 0) is 12.5 Å². The number of piperazine rings is 1. The SMILES string of the molecule is Cc1cccc(N2CCN(CCCCNC(=O)c3cc(C(C)(C)C)n(C)c3C)CC2)c1C. The topological polar surface area (TPSA) is 40.5 Å². The lowest BCUT2D eigenvalue weighted by atomic mass is 9.92. The van der Waals surface area contributed by atoms with Gasteiger partial charge in [-0.1, -0.05) is 32.9 Å². The molecule has 1 fully saturated rings. The van der Waals surface area contributed by atoms with Crippen LogP contribution in [0.15, 0.2) is 24.3 Å². The van der Waals surface area contributed by atoms with E-state index in [1.165, 1.54) is 22.5 Å². The Hall–Kier alpha value is -2.27. The Morgan fingerprint density at radius 1 is 1.03 bits per heavy atom. The Morgan fingerprint density at radius 3 is 2.34 bits per heavy atom. The number of nitrogens with one attached hydrogen (secondary N) is 1. The first-order valence-corrected chi connectivity index (χ1v) is 12.1. The fourth-order valence-electron chi connectivity index (χ4n) is 4.70.